The van der Waals surface area contributed by atoms with E-state index in [0.29, 0.717) is 12.3 Å². The fraction of sp³-hybridized carbons (Fsp3) is 0.786. The highest BCUT2D eigenvalue weighted by molar-refractivity contribution is 5.75. The number of unbranched alkanes of at least 4 members (excludes halogenated alkanes) is 1. The third kappa shape index (κ3) is 10.1. The summed E-state index contributed by atoms with van der Waals surface area (Å²) in [4.78, 5) is 11.1. The molecule has 2 unspecified atom stereocenters. The molecule has 0 fully saturated rings. The van der Waals surface area contributed by atoms with Crippen molar-refractivity contribution in [2.45, 2.75) is 59.0 Å². The summed E-state index contributed by atoms with van der Waals surface area (Å²) in [7, 11) is 0. The van der Waals surface area contributed by atoms with Gasteiger partial charge in [-0.3, -0.25) is 4.79 Å². The third-order valence-electron chi connectivity index (χ3n) is 2.84. The van der Waals surface area contributed by atoms with Gasteiger partial charge in [0.1, 0.15) is 0 Å². The van der Waals surface area contributed by atoms with Gasteiger partial charge in [0.2, 0.25) is 5.91 Å². The molecule has 2 atom stereocenters. The predicted molar refractivity (Wildman–Crippen MR) is 71.8 cm³/mol. The number of aliphatic hydroxyl groups is 1. The van der Waals surface area contributed by atoms with Gasteiger partial charge in [0.05, 0.1) is 6.10 Å². The number of hydrogen-bond donors (Lipinski definition) is 2. The zero-order valence-corrected chi connectivity index (χ0v) is 11.4. The molecule has 0 aromatic heterocycles. The SMILES string of the molecule is CCCC(=O)NCCCC=CCC(C)C(C)O. The van der Waals surface area contributed by atoms with E-state index < -0.39 is 0 Å². The summed E-state index contributed by atoms with van der Waals surface area (Å²) in [5.41, 5.74) is 0. The maximum absolute atomic E-state index is 11.1. The average Bonchev–Trinajstić information content (AvgIpc) is 2.27. The van der Waals surface area contributed by atoms with Crippen molar-refractivity contribution in [1.82, 2.24) is 5.32 Å². The van der Waals surface area contributed by atoms with Crippen molar-refractivity contribution >= 4 is 5.91 Å². The molecule has 0 aliphatic heterocycles. The maximum Gasteiger partial charge on any atom is 0.219 e. The molecule has 0 aliphatic carbocycles. The minimum atomic E-state index is -0.243. The van der Waals surface area contributed by atoms with Crippen LogP contribution >= 0.6 is 0 Å². The van der Waals surface area contributed by atoms with Gasteiger partial charge in [0.25, 0.3) is 0 Å². The van der Waals surface area contributed by atoms with E-state index in [1.165, 1.54) is 0 Å². The lowest BCUT2D eigenvalue weighted by Gasteiger charge is -2.11. The summed E-state index contributed by atoms with van der Waals surface area (Å²) in [5, 5.41) is 12.2. The van der Waals surface area contributed by atoms with Crippen molar-refractivity contribution < 1.29 is 9.90 Å². The van der Waals surface area contributed by atoms with Crippen LogP contribution in [0.25, 0.3) is 0 Å². The normalized spacial score (nSPS) is 14.8. The topological polar surface area (TPSA) is 49.3 Å². The van der Waals surface area contributed by atoms with Crippen LogP contribution in [0.4, 0.5) is 0 Å². The molecule has 100 valence electrons. The number of aliphatic hydroxyl groups excluding tert-OH is 1. The molecule has 0 saturated carbocycles. The van der Waals surface area contributed by atoms with E-state index in [1.54, 1.807) is 0 Å². The number of hydrogen-bond acceptors (Lipinski definition) is 2. The first-order valence-electron chi connectivity index (χ1n) is 6.67. The van der Waals surface area contributed by atoms with Crippen LogP contribution in [0.3, 0.4) is 0 Å². The highest BCUT2D eigenvalue weighted by Gasteiger charge is 2.05. The quantitative estimate of drug-likeness (QED) is 0.481. The van der Waals surface area contributed by atoms with Crippen LogP contribution in [-0.4, -0.2) is 23.7 Å². The monoisotopic (exact) mass is 241 g/mol. The Morgan fingerprint density at radius 3 is 2.65 bits per heavy atom. The molecule has 17 heavy (non-hydrogen) atoms. The smallest absolute Gasteiger partial charge is 0.219 e. The molecule has 2 N–H and O–H groups in total. The Labute approximate surface area is 105 Å². The van der Waals surface area contributed by atoms with Crippen molar-refractivity contribution in [3.63, 3.8) is 0 Å². The largest absolute Gasteiger partial charge is 0.393 e. The summed E-state index contributed by atoms with van der Waals surface area (Å²) in [6, 6.07) is 0. The summed E-state index contributed by atoms with van der Waals surface area (Å²) in [6.07, 6.45) is 8.42. The Kier molecular flexibility index (Phi) is 9.83. The summed E-state index contributed by atoms with van der Waals surface area (Å²) < 4.78 is 0. The molecule has 0 aromatic carbocycles. The zero-order chi connectivity index (χ0) is 13.1. The van der Waals surface area contributed by atoms with E-state index in [1.807, 2.05) is 20.8 Å². The number of carbonyl (C=O) groups is 1. The van der Waals surface area contributed by atoms with Crippen molar-refractivity contribution in [3.05, 3.63) is 12.2 Å². The molecule has 0 saturated heterocycles. The van der Waals surface area contributed by atoms with Gasteiger partial charge in [-0.25, -0.2) is 0 Å². The van der Waals surface area contributed by atoms with Crippen LogP contribution in [0.1, 0.15) is 52.9 Å². The van der Waals surface area contributed by atoms with E-state index in [2.05, 4.69) is 17.5 Å². The number of carbonyl (C=O) groups excluding carboxylic acids is 1. The maximum atomic E-state index is 11.1. The first-order valence-corrected chi connectivity index (χ1v) is 6.67. The molecule has 0 aromatic rings. The van der Waals surface area contributed by atoms with Gasteiger partial charge < -0.3 is 10.4 Å². The van der Waals surface area contributed by atoms with Gasteiger partial charge in [0, 0.05) is 13.0 Å². The number of allylic oxidation sites excluding steroid dienone is 2. The molecule has 3 nitrogen and oxygen atoms in total. The lowest BCUT2D eigenvalue weighted by atomic mass is 10.0. The van der Waals surface area contributed by atoms with Crippen LogP contribution in [0.2, 0.25) is 0 Å². The number of nitrogens with one attached hydrogen (secondary N) is 1. The Morgan fingerprint density at radius 1 is 1.35 bits per heavy atom. The highest BCUT2D eigenvalue weighted by Crippen LogP contribution is 2.08. The van der Waals surface area contributed by atoms with Crippen LogP contribution in [0.15, 0.2) is 12.2 Å². The molecule has 0 heterocycles. The molecular formula is C14H27NO2. The van der Waals surface area contributed by atoms with Crippen molar-refractivity contribution in [1.29, 1.82) is 0 Å². The second-order valence-electron chi connectivity index (χ2n) is 4.67. The Balaban J connectivity index is 3.39. The third-order valence-corrected chi connectivity index (χ3v) is 2.84. The molecule has 0 rings (SSSR count). The van der Waals surface area contributed by atoms with E-state index in [-0.39, 0.29) is 12.0 Å². The Bertz CT molecular complexity index is 224. The standard InChI is InChI=1S/C14H27NO2/c1-4-9-14(17)15-11-8-6-5-7-10-12(2)13(3)16/h5,7,12-13,16H,4,6,8-11H2,1-3H3,(H,15,17). The minimum absolute atomic E-state index is 0.152. The second kappa shape index (κ2) is 10.3. The molecule has 0 radical (unpaired) electrons. The average molecular weight is 241 g/mol. The summed E-state index contributed by atoms with van der Waals surface area (Å²) in [6.45, 7) is 6.63. The fourth-order valence-electron chi connectivity index (χ4n) is 1.39. The minimum Gasteiger partial charge on any atom is -0.393 e. The Hall–Kier alpha value is -0.830. The lowest BCUT2D eigenvalue weighted by molar-refractivity contribution is -0.121. The molecule has 0 bridgehead atoms. The van der Waals surface area contributed by atoms with E-state index in [4.69, 9.17) is 0 Å². The molecule has 3 heteroatoms. The van der Waals surface area contributed by atoms with Crippen LogP contribution in [0.5, 0.6) is 0 Å². The lowest BCUT2D eigenvalue weighted by Crippen LogP contribution is -2.23. The van der Waals surface area contributed by atoms with Gasteiger partial charge in [-0.05, 0) is 38.5 Å². The molecule has 0 aliphatic rings. The van der Waals surface area contributed by atoms with E-state index in [9.17, 15) is 9.90 Å². The number of rotatable bonds is 9. The van der Waals surface area contributed by atoms with Crippen molar-refractivity contribution in [2.75, 3.05) is 6.54 Å². The molecule has 0 spiro atoms. The van der Waals surface area contributed by atoms with Crippen LogP contribution in [-0.2, 0) is 4.79 Å². The van der Waals surface area contributed by atoms with Crippen LogP contribution < -0.4 is 5.32 Å². The molecule has 1 amide bonds. The highest BCUT2D eigenvalue weighted by atomic mass is 16.3. The van der Waals surface area contributed by atoms with Crippen molar-refractivity contribution in [2.24, 2.45) is 5.92 Å². The Morgan fingerprint density at radius 2 is 2.06 bits per heavy atom. The number of amides is 1. The van der Waals surface area contributed by atoms with Crippen LogP contribution in [0, 0.1) is 5.92 Å². The van der Waals surface area contributed by atoms with Gasteiger partial charge in [-0.1, -0.05) is 26.0 Å². The summed E-state index contributed by atoms with van der Waals surface area (Å²) >= 11 is 0. The van der Waals surface area contributed by atoms with Gasteiger partial charge in [-0.2, -0.15) is 0 Å². The van der Waals surface area contributed by atoms with Gasteiger partial charge >= 0.3 is 0 Å². The van der Waals surface area contributed by atoms with Gasteiger partial charge in [0.15, 0.2) is 0 Å². The first kappa shape index (κ1) is 16.2. The first-order chi connectivity index (χ1) is 8.07. The van der Waals surface area contributed by atoms with E-state index in [0.717, 1.165) is 32.2 Å². The summed E-state index contributed by atoms with van der Waals surface area (Å²) in [5.74, 6) is 0.467. The van der Waals surface area contributed by atoms with Gasteiger partial charge in [-0.15, -0.1) is 0 Å². The van der Waals surface area contributed by atoms with E-state index >= 15 is 0 Å². The zero-order valence-electron chi connectivity index (χ0n) is 11.4. The molecular weight excluding hydrogens is 214 g/mol. The fourth-order valence-corrected chi connectivity index (χ4v) is 1.39. The predicted octanol–water partition coefficient (Wildman–Crippen LogP) is 2.65. The van der Waals surface area contributed by atoms with Crippen molar-refractivity contribution in [3.8, 4) is 0 Å². The second-order valence-corrected chi connectivity index (χ2v) is 4.67.